The molecule has 0 bridgehead atoms. The number of rotatable bonds is 12. The highest BCUT2D eigenvalue weighted by Gasteiger charge is 2.18. The Kier molecular flexibility index (Phi) is 16.9. The molecule has 288 valence electrons. The Bertz CT molecular complexity index is 2090. The number of benzene rings is 2. The Morgan fingerprint density at radius 3 is 1.61 bits per heavy atom. The molecular weight excluding hydrogens is 708 g/mol. The van der Waals surface area contributed by atoms with Crippen LogP contribution >= 0.6 is 11.6 Å². The number of esters is 2. The van der Waals surface area contributed by atoms with Gasteiger partial charge in [0.2, 0.25) is 11.2 Å². The maximum absolute atomic E-state index is 12.0. The SMILES string of the molecule is C.CCOC(=O)c1c(C)nc(Cl)nc1C.CCOC(=O)c1c(C)nc(NCCCc2cccc3[nH]ncc23)nc1C.NCCCc1cccc2[nH]ncc12. The molecule has 0 unspecified atom stereocenters. The number of nitrogens with zero attached hydrogens (tertiary/aromatic N) is 6. The number of hydrogen-bond donors (Lipinski definition) is 4. The van der Waals surface area contributed by atoms with Crippen LogP contribution in [0.3, 0.4) is 0 Å². The second kappa shape index (κ2) is 21.3. The Morgan fingerprint density at radius 2 is 1.17 bits per heavy atom. The van der Waals surface area contributed by atoms with Gasteiger partial charge in [-0.3, -0.25) is 10.2 Å². The molecule has 0 radical (unpaired) electrons. The third-order valence-electron chi connectivity index (χ3n) is 8.18. The van der Waals surface area contributed by atoms with Crippen molar-refractivity contribution in [3.8, 4) is 0 Å². The molecule has 5 N–H and O–H groups in total. The van der Waals surface area contributed by atoms with Gasteiger partial charge in [0.25, 0.3) is 0 Å². The van der Waals surface area contributed by atoms with Gasteiger partial charge in [-0.1, -0.05) is 31.7 Å². The summed E-state index contributed by atoms with van der Waals surface area (Å²) in [6.45, 7) is 12.7. The van der Waals surface area contributed by atoms with E-state index in [1.54, 1.807) is 41.5 Å². The van der Waals surface area contributed by atoms with E-state index in [1.807, 2.05) is 36.7 Å². The average molecular weight is 759 g/mol. The van der Waals surface area contributed by atoms with Crippen LogP contribution in [-0.2, 0) is 22.3 Å². The summed E-state index contributed by atoms with van der Waals surface area (Å²) in [5.41, 5.74) is 13.4. The Morgan fingerprint density at radius 1 is 0.722 bits per heavy atom. The summed E-state index contributed by atoms with van der Waals surface area (Å²) in [5.74, 6) is -0.240. The maximum Gasteiger partial charge on any atom is 0.341 e. The van der Waals surface area contributed by atoms with Crippen molar-refractivity contribution in [1.29, 1.82) is 0 Å². The molecule has 54 heavy (non-hydrogen) atoms. The van der Waals surface area contributed by atoms with Crippen LogP contribution in [0.25, 0.3) is 21.8 Å². The minimum atomic E-state index is -0.404. The first-order valence-electron chi connectivity index (χ1n) is 17.5. The van der Waals surface area contributed by atoms with Crippen molar-refractivity contribution in [3.05, 3.63) is 99.1 Å². The normalized spacial score (nSPS) is 10.4. The van der Waals surface area contributed by atoms with Crippen molar-refractivity contribution in [2.24, 2.45) is 5.73 Å². The molecule has 14 nitrogen and oxygen atoms in total. The minimum absolute atomic E-state index is 0. The number of carbonyl (C=O) groups is 2. The zero-order valence-corrected chi connectivity index (χ0v) is 31.8. The zero-order chi connectivity index (χ0) is 38.3. The second-order valence-corrected chi connectivity index (χ2v) is 12.3. The largest absolute Gasteiger partial charge is 0.462 e. The molecule has 0 aliphatic heterocycles. The summed E-state index contributed by atoms with van der Waals surface area (Å²) in [5, 5.41) is 19.8. The number of nitrogens with one attached hydrogen (secondary N) is 3. The third kappa shape index (κ3) is 11.5. The Hall–Kier alpha value is -5.47. The lowest BCUT2D eigenvalue weighted by molar-refractivity contribution is 0.0513. The zero-order valence-electron chi connectivity index (χ0n) is 31.0. The summed E-state index contributed by atoms with van der Waals surface area (Å²) < 4.78 is 9.93. The van der Waals surface area contributed by atoms with E-state index in [2.05, 4.69) is 57.8 Å². The van der Waals surface area contributed by atoms with E-state index in [-0.39, 0.29) is 18.7 Å². The highest BCUT2D eigenvalue weighted by molar-refractivity contribution is 6.28. The fourth-order valence-corrected chi connectivity index (χ4v) is 5.99. The van der Waals surface area contributed by atoms with Crippen molar-refractivity contribution < 1.29 is 19.1 Å². The molecule has 15 heteroatoms. The summed E-state index contributed by atoms with van der Waals surface area (Å²) >= 11 is 5.63. The number of H-pyrrole nitrogens is 2. The predicted molar refractivity (Wildman–Crippen MR) is 213 cm³/mol. The monoisotopic (exact) mass is 758 g/mol. The summed E-state index contributed by atoms with van der Waals surface area (Å²) in [4.78, 5) is 40.0. The number of halogens is 1. The summed E-state index contributed by atoms with van der Waals surface area (Å²) in [7, 11) is 0. The third-order valence-corrected chi connectivity index (χ3v) is 8.35. The number of aryl methyl sites for hydroxylation is 6. The van der Waals surface area contributed by atoms with Gasteiger partial charge in [-0.2, -0.15) is 10.2 Å². The molecule has 0 amide bonds. The van der Waals surface area contributed by atoms with Crippen molar-refractivity contribution in [3.63, 3.8) is 0 Å². The number of nitrogens with two attached hydrogens (primary N) is 1. The Labute approximate surface area is 321 Å². The molecule has 0 saturated carbocycles. The number of hydrogen-bond acceptors (Lipinski definition) is 12. The lowest BCUT2D eigenvalue weighted by Crippen LogP contribution is -2.14. The van der Waals surface area contributed by atoms with Gasteiger partial charge >= 0.3 is 11.9 Å². The standard InChI is InChI=1S/C19H23N5O2.C10H13N3.C9H11ClN2O2.CH4/c1-4-26-18(25)17-12(2)22-19(23-13(17)3)20-10-6-8-14-7-5-9-16-15(14)11-21-24-16;11-6-2-4-8-3-1-5-10-9(8)7-12-13-10;1-4-14-8(13)7-5(2)11-9(10)12-6(7)3;/h5,7,9,11H,4,6,8,10H2,1-3H3,(H,21,24)(H,20,22,23);1,3,5,7H,2,4,6,11H2,(H,12,13);4H2,1-3H3;1H4. The van der Waals surface area contributed by atoms with E-state index in [4.69, 9.17) is 26.8 Å². The maximum atomic E-state index is 12.0. The molecule has 0 aliphatic rings. The van der Waals surface area contributed by atoms with Crippen LogP contribution in [0.1, 0.15) is 88.7 Å². The number of aromatic nitrogens is 8. The van der Waals surface area contributed by atoms with Gasteiger partial charge in [0.1, 0.15) is 11.1 Å². The quantitative estimate of drug-likeness (QED) is 0.0556. The summed E-state index contributed by atoms with van der Waals surface area (Å²) in [6.07, 6.45) is 7.68. The van der Waals surface area contributed by atoms with E-state index in [0.717, 1.165) is 55.2 Å². The number of ether oxygens (including phenoxy) is 2. The van der Waals surface area contributed by atoms with Crippen molar-refractivity contribution in [2.45, 2.75) is 74.7 Å². The van der Waals surface area contributed by atoms with Gasteiger partial charge < -0.3 is 20.5 Å². The van der Waals surface area contributed by atoms with E-state index in [9.17, 15) is 9.59 Å². The van der Waals surface area contributed by atoms with Gasteiger partial charge in [0.05, 0.1) is 59.4 Å². The van der Waals surface area contributed by atoms with Gasteiger partial charge in [0.15, 0.2) is 0 Å². The van der Waals surface area contributed by atoms with E-state index in [1.165, 1.54) is 16.5 Å². The summed E-state index contributed by atoms with van der Waals surface area (Å²) in [6, 6.07) is 12.4. The first-order chi connectivity index (χ1) is 25.6. The molecule has 0 fully saturated rings. The first-order valence-corrected chi connectivity index (χ1v) is 17.9. The molecule has 2 aromatic carbocycles. The lowest BCUT2D eigenvalue weighted by Gasteiger charge is -2.11. The first kappa shape index (κ1) is 42.9. The smallest absolute Gasteiger partial charge is 0.341 e. The van der Waals surface area contributed by atoms with Crippen LogP contribution in [-0.4, -0.2) is 78.6 Å². The van der Waals surface area contributed by atoms with Crippen molar-refractivity contribution in [1.82, 2.24) is 40.3 Å². The van der Waals surface area contributed by atoms with Gasteiger partial charge in [-0.25, -0.2) is 29.5 Å². The van der Waals surface area contributed by atoms with Crippen LogP contribution in [0.2, 0.25) is 5.28 Å². The van der Waals surface area contributed by atoms with E-state index in [0.29, 0.717) is 53.1 Å². The molecule has 4 aromatic heterocycles. The van der Waals surface area contributed by atoms with Crippen LogP contribution in [0.15, 0.2) is 48.8 Å². The Balaban J connectivity index is 0.000000237. The molecule has 0 aliphatic carbocycles. The van der Waals surface area contributed by atoms with E-state index < -0.39 is 5.97 Å². The molecule has 4 heterocycles. The van der Waals surface area contributed by atoms with Gasteiger partial charge in [-0.15, -0.1) is 0 Å². The molecule has 0 atom stereocenters. The minimum Gasteiger partial charge on any atom is -0.462 e. The molecule has 0 spiro atoms. The number of anilines is 1. The van der Waals surface area contributed by atoms with Gasteiger partial charge in [-0.05, 0) is 109 Å². The number of fused-ring (bicyclic) bond motifs is 2. The van der Waals surface area contributed by atoms with Crippen LogP contribution in [0.4, 0.5) is 5.95 Å². The highest BCUT2D eigenvalue weighted by Crippen LogP contribution is 2.19. The van der Waals surface area contributed by atoms with Crippen molar-refractivity contribution >= 4 is 51.3 Å². The molecule has 0 saturated heterocycles. The fraction of sp³-hybridized carbons (Fsp3) is 0.385. The fourth-order valence-electron chi connectivity index (χ4n) is 5.73. The van der Waals surface area contributed by atoms with Crippen LogP contribution < -0.4 is 11.1 Å². The number of aromatic amines is 2. The predicted octanol–water partition coefficient (Wildman–Crippen LogP) is 7.20. The lowest BCUT2D eigenvalue weighted by atomic mass is 10.1. The van der Waals surface area contributed by atoms with Crippen LogP contribution in [0, 0.1) is 27.7 Å². The van der Waals surface area contributed by atoms with Gasteiger partial charge in [0, 0.05) is 17.3 Å². The molecular formula is C39H51ClN10O4. The van der Waals surface area contributed by atoms with Crippen molar-refractivity contribution in [2.75, 3.05) is 31.6 Å². The van der Waals surface area contributed by atoms with Crippen LogP contribution in [0.5, 0.6) is 0 Å². The second-order valence-electron chi connectivity index (χ2n) is 12.0. The molecule has 6 rings (SSSR count). The number of carbonyl (C=O) groups excluding carboxylic acids is 2. The molecule has 6 aromatic rings. The average Bonchev–Trinajstić information content (AvgIpc) is 3.80. The topological polar surface area (TPSA) is 200 Å². The van der Waals surface area contributed by atoms with E-state index >= 15 is 0 Å². The highest BCUT2D eigenvalue weighted by atomic mass is 35.5.